The maximum atomic E-state index is 12.4. The van der Waals surface area contributed by atoms with E-state index in [2.05, 4.69) is 10.1 Å². The molecule has 0 atom stereocenters. The molecule has 0 unspecified atom stereocenters. The highest BCUT2D eigenvalue weighted by molar-refractivity contribution is 6.10. The largest absolute Gasteiger partial charge is 0.434 e. The van der Waals surface area contributed by atoms with Crippen molar-refractivity contribution in [3.05, 3.63) is 72.3 Å². The predicted molar refractivity (Wildman–Crippen MR) is 85.0 cm³/mol. The Morgan fingerprint density at radius 3 is 2.43 bits per heavy atom. The van der Waals surface area contributed by atoms with E-state index < -0.39 is 12.5 Å². The Hall–Kier alpha value is -2.95. The summed E-state index contributed by atoms with van der Waals surface area (Å²) < 4.78 is 29.3. The number of hydrogen-bond acceptors (Lipinski definition) is 2. The lowest BCUT2D eigenvalue weighted by molar-refractivity contribution is -0.0501. The molecule has 3 aromatic carbocycles. The zero-order chi connectivity index (χ0) is 16.2. The van der Waals surface area contributed by atoms with Crippen LogP contribution < -0.4 is 10.1 Å². The Morgan fingerprint density at radius 1 is 0.913 bits per heavy atom. The smallest absolute Gasteiger partial charge is 0.387 e. The lowest BCUT2D eigenvalue weighted by atomic mass is 10.1. The number of fused-ring (bicyclic) bond motifs is 1. The summed E-state index contributed by atoms with van der Waals surface area (Å²) in [5.74, 6) is -0.655. The first kappa shape index (κ1) is 15.0. The molecule has 0 aliphatic heterocycles. The summed E-state index contributed by atoms with van der Waals surface area (Å²) in [5.41, 5.74) is 0.667. The zero-order valence-corrected chi connectivity index (χ0v) is 12.0. The molecule has 0 saturated carbocycles. The van der Waals surface area contributed by atoms with Crippen molar-refractivity contribution in [3.63, 3.8) is 0 Å². The van der Waals surface area contributed by atoms with E-state index in [1.807, 2.05) is 36.4 Å². The van der Waals surface area contributed by atoms with Crippen LogP contribution in [0.2, 0.25) is 0 Å². The van der Waals surface area contributed by atoms with Gasteiger partial charge in [0.2, 0.25) is 0 Å². The van der Waals surface area contributed by atoms with Crippen LogP contribution in [0.3, 0.4) is 0 Å². The van der Waals surface area contributed by atoms with Crippen LogP contribution >= 0.6 is 0 Å². The number of alkyl halides is 2. The fourth-order valence-electron chi connectivity index (χ4n) is 2.38. The zero-order valence-electron chi connectivity index (χ0n) is 12.0. The minimum absolute atomic E-state index is 0.0562. The third-order valence-corrected chi connectivity index (χ3v) is 3.39. The summed E-state index contributed by atoms with van der Waals surface area (Å²) in [6.45, 7) is -2.98. The normalized spacial score (nSPS) is 10.7. The van der Waals surface area contributed by atoms with Crippen LogP contribution in [0.15, 0.2) is 66.7 Å². The van der Waals surface area contributed by atoms with Crippen LogP contribution in [0.25, 0.3) is 10.8 Å². The van der Waals surface area contributed by atoms with Gasteiger partial charge in [-0.1, -0.05) is 48.5 Å². The van der Waals surface area contributed by atoms with Gasteiger partial charge in [-0.2, -0.15) is 8.78 Å². The molecular weight excluding hydrogens is 300 g/mol. The molecule has 0 aliphatic carbocycles. The van der Waals surface area contributed by atoms with Crippen LogP contribution in [-0.2, 0) is 0 Å². The summed E-state index contributed by atoms with van der Waals surface area (Å²) in [4.78, 5) is 12.4. The minimum atomic E-state index is -2.98. The fourth-order valence-corrected chi connectivity index (χ4v) is 2.38. The number of carbonyl (C=O) groups excluding carboxylic acids is 1. The second-order valence-corrected chi connectivity index (χ2v) is 4.86. The Labute approximate surface area is 131 Å². The molecule has 1 N–H and O–H groups in total. The van der Waals surface area contributed by atoms with E-state index in [1.165, 1.54) is 18.2 Å². The molecule has 3 rings (SSSR count). The van der Waals surface area contributed by atoms with Crippen LogP contribution in [0, 0.1) is 0 Å². The van der Waals surface area contributed by atoms with Crippen molar-refractivity contribution in [1.29, 1.82) is 0 Å². The molecule has 1 amide bonds. The van der Waals surface area contributed by atoms with Crippen molar-refractivity contribution < 1.29 is 18.3 Å². The van der Waals surface area contributed by atoms with E-state index in [0.29, 0.717) is 5.69 Å². The number of rotatable bonds is 4. The average molecular weight is 313 g/mol. The van der Waals surface area contributed by atoms with Gasteiger partial charge in [0.05, 0.1) is 5.56 Å². The Morgan fingerprint density at radius 2 is 1.61 bits per heavy atom. The Kier molecular flexibility index (Phi) is 4.19. The predicted octanol–water partition coefficient (Wildman–Crippen LogP) is 4.69. The van der Waals surface area contributed by atoms with Gasteiger partial charge in [0, 0.05) is 11.1 Å². The van der Waals surface area contributed by atoms with Crippen molar-refractivity contribution in [2.45, 2.75) is 6.61 Å². The van der Waals surface area contributed by atoms with Gasteiger partial charge in [-0.25, -0.2) is 0 Å². The highest BCUT2D eigenvalue weighted by Gasteiger charge is 2.16. The van der Waals surface area contributed by atoms with Crippen molar-refractivity contribution in [3.8, 4) is 5.75 Å². The molecule has 0 fully saturated rings. The second-order valence-electron chi connectivity index (χ2n) is 4.86. The van der Waals surface area contributed by atoms with Crippen molar-refractivity contribution in [1.82, 2.24) is 0 Å². The topological polar surface area (TPSA) is 38.3 Å². The van der Waals surface area contributed by atoms with Crippen molar-refractivity contribution >= 4 is 22.4 Å². The summed E-state index contributed by atoms with van der Waals surface area (Å²) in [6, 6.07) is 19.0. The van der Waals surface area contributed by atoms with Crippen molar-refractivity contribution in [2.24, 2.45) is 0 Å². The number of amides is 1. The Bertz CT molecular complexity index is 844. The van der Waals surface area contributed by atoms with E-state index in [9.17, 15) is 13.6 Å². The van der Waals surface area contributed by atoms with E-state index in [0.717, 1.165) is 10.8 Å². The first-order chi connectivity index (χ1) is 11.1. The summed E-state index contributed by atoms with van der Waals surface area (Å²) in [5, 5.41) is 4.60. The van der Waals surface area contributed by atoms with Gasteiger partial charge in [0.15, 0.2) is 0 Å². The quantitative estimate of drug-likeness (QED) is 0.758. The molecule has 0 radical (unpaired) electrons. The molecular formula is C18H13F2NO2. The molecule has 5 heteroatoms. The van der Waals surface area contributed by atoms with Gasteiger partial charge in [0.1, 0.15) is 5.75 Å². The number of carbonyl (C=O) groups is 1. The molecule has 3 aromatic rings. The van der Waals surface area contributed by atoms with E-state index >= 15 is 0 Å². The van der Waals surface area contributed by atoms with Gasteiger partial charge in [-0.05, 0) is 23.6 Å². The number of halogens is 2. The van der Waals surface area contributed by atoms with E-state index in [-0.39, 0.29) is 11.3 Å². The van der Waals surface area contributed by atoms with E-state index in [4.69, 9.17) is 0 Å². The molecule has 0 heterocycles. The Balaban J connectivity index is 1.93. The molecule has 0 aromatic heterocycles. The maximum Gasteiger partial charge on any atom is 0.387 e. The molecule has 0 bridgehead atoms. The fraction of sp³-hybridized carbons (Fsp3) is 0.0556. The van der Waals surface area contributed by atoms with Crippen molar-refractivity contribution in [2.75, 3.05) is 5.32 Å². The number of para-hydroxylation sites is 1. The maximum absolute atomic E-state index is 12.4. The van der Waals surface area contributed by atoms with Gasteiger partial charge in [-0.15, -0.1) is 0 Å². The monoisotopic (exact) mass is 313 g/mol. The highest BCUT2D eigenvalue weighted by Crippen LogP contribution is 2.26. The molecule has 116 valence electrons. The minimum Gasteiger partial charge on any atom is -0.434 e. The number of anilines is 1. The number of ether oxygens (including phenoxy) is 1. The first-order valence-electron chi connectivity index (χ1n) is 6.98. The molecule has 3 nitrogen and oxygen atoms in total. The lowest BCUT2D eigenvalue weighted by Crippen LogP contribution is -2.15. The van der Waals surface area contributed by atoms with Crippen LogP contribution in [-0.4, -0.2) is 12.5 Å². The SMILES string of the molecule is O=C(Nc1cccc2ccccc12)c1ccccc1OC(F)F. The molecule has 0 aliphatic rings. The average Bonchev–Trinajstić information content (AvgIpc) is 2.55. The first-order valence-corrected chi connectivity index (χ1v) is 6.98. The molecule has 0 spiro atoms. The summed E-state index contributed by atoms with van der Waals surface area (Å²) in [6.07, 6.45) is 0. The number of benzene rings is 3. The highest BCUT2D eigenvalue weighted by atomic mass is 19.3. The lowest BCUT2D eigenvalue weighted by Gasteiger charge is -2.12. The van der Waals surface area contributed by atoms with E-state index in [1.54, 1.807) is 12.1 Å². The summed E-state index contributed by atoms with van der Waals surface area (Å²) in [7, 11) is 0. The van der Waals surface area contributed by atoms with Gasteiger partial charge in [0.25, 0.3) is 5.91 Å². The standard InChI is InChI=1S/C18H13F2NO2/c19-18(20)23-16-11-4-3-9-14(16)17(22)21-15-10-5-7-12-6-1-2-8-13(12)15/h1-11,18H,(H,21,22). The van der Waals surface area contributed by atoms with Crippen LogP contribution in [0.4, 0.5) is 14.5 Å². The van der Waals surface area contributed by atoms with Gasteiger partial charge >= 0.3 is 6.61 Å². The molecule has 0 saturated heterocycles. The number of nitrogens with one attached hydrogen (secondary N) is 1. The van der Waals surface area contributed by atoms with Gasteiger partial charge < -0.3 is 10.1 Å². The number of hydrogen-bond donors (Lipinski definition) is 1. The second kappa shape index (κ2) is 6.44. The third-order valence-electron chi connectivity index (χ3n) is 3.39. The van der Waals surface area contributed by atoms with Gasteiger partial charge in [-0.3, -0.25) is 4.79 Å². The third kappa shape index (κ3) is 3.29. The van der Waals surface area contributed by atoms with Crippen LogP contribution in [0.1, 0.15) is 10.4 Å². The summed E-state index contributed by atoms with van der Waals surface area (Å²) >= 11 is 0. The molecule has 23 heavy (non-hydrogen) atoms. The van der Waals surface area contributed by atoms with Crippen LogP contribution in [0.5, 0.6) is 5.75 Å².